The summed E-state index contributed by atoms with van der Waals surface area (Å²) in [4.78, 5) is 4.27. The number of rotatable bonds is 2. The topological polar surface area (TPSA) is 55.9 Å². The number of nitrogens with zero attached hydrogens (tertiary/aromatic N) is 2. The fourth-order valence-corrected chi connectivity index (χ4v) is 1.67. The SMILES string of the molecule is CCC1C=CC(c2nc(N)cn2C)=CN1. The van der Waals surface area contributed by atoms with E-state index in [-0.39, 0.29) is 0 Å². The predicted molar refractivity (Wildman–Crippen MR) is 62.0 cm³/mol. The van der Waals surface area contributed by atoms with E-state index in [0.29, 0.717) is 11.9 Å². The molecule has 15 heavy (non-hydrogen) atoms. The molecule has 1 aliphatic rings. The van der Waals surface area contributed by atoms with Gasteiger partial charge >= 0.3 is 0 Å². The highest BCUT2D eigenvalue weighted by Gasteiger charge is 2.11. The Bertz CT molecular complexity index is 414. The third kappa shape index (κ3) is 1.88. The van der Waals surface area contributed by atoms with E-state index in [1.165, 1.54) is 0 Å². The first-order valence-electron chi connectivity index (χ1n) is 5.14. The zero-order valence-corrected chi connectivity index (χ0v) is 9.07. The summed E-state index contributed by atoms with van der Waals surface area (Å²) in [5.41, 5.74) is 6.70. The number of hydrogen-bond acceptors (Lipinski definition) is 3. The number of hydrogen-bond donors (Lipinski definition) is 2. The fraction of sp³-hybridized carbons (Fsp3) is 0.364. The molecular weight excluding hydrogens is 188 g/mol. The van der Waals surface area contributed by atoms with Gasteiger partial charge in [0.1, 0.15) is 11.6 Å². The lowest BCUT2D eigenvalue weighted by molar-refractivity contribution is 0.671. The van der Waals surface area contributed by atoms with Crippen molar-refractivity contribution in [3.05, 3.63) is 30.4 Å². The lowest BCUT2D eigenvalue weighted by atomic mass is 10.1. The third-order valence-corrected chi connectivity index (χ3v) is 2.55. The van der Waals surface area contributed by atoms with Crippen LogP contribution < -0.4 is 11.1 Å². The molecular formula is C11H16N4. The number of dihydropyridines is 1. The van der Waals surface area contributed by atoms with Crippen LogP contribution in [0.25, 0.3) is 5.57 Å². The molecule has 3 N–H and O–H groups in total. The third-order valence-electron chi connectivity index (χ3n) is 2.55. The number of nitrogens with one attached hydrogen (secondary N) is 1. The average molecular weight is 204 g/mol. The van der Waals surface area contributed by atoms with Crippen molar-refractivity contribution < 1.29 is 0 Å². The number of nitrogen functional groups attached to an aromatic ring is 1. The largest absolute Gasteiger partial charge is 0.384 e. The van der Waals surface area contributed by atoms with Gasteiger partial charge in [0.2, 0.25) is 0 Å². The van der Waals surface area contributed by atoms with Crippen LogP contribution in [-0.4, -0.2) is 15.6 Å². The van der Waals surface area contributed by atoms with Gasteiger partial charge in [-0.3, -0.25) is 0 Å². The second-order valence-corrected chi connectivity index (χ2v) is 3.74. The van der Waals surface area contributed by atoms with Gasteiger partial charge in [0.15, 0.2) is 0 Å². The Hall–Kier alpha value is -1.71. The Kier molecular flexibility index (Phi) is 2.49. The minimum atomic E-state index is 0.436. The number of allylic oxidation sites excluding steroid dienone is 2. The molecule has 1 aromatic heterocycles. The van der Waals surface area contributed by atoms with Crippen LogP contribution in [0.1, 0.15) is 19.2 Å². The van der Waals surface area contributed by atoms with Gasteiger partial charge in [0.25, 0.3) is 0 Å². The van der Waals surface area contributed by atoms with Gasteiger partial charge in [0, 0.05) is 31.1 Å². The zero-order valence-electron chi connectivity index (χ0n) is 9.07. The van der Waals surface area contributed by atoms with Crippen LogP contribution >= 0.6 is 0 Å². The van der Waals surface area contributed by atoms with E-state index in [0.717, 1.165) is 17.8 Å². The van der Waals surface area contributed by atoms with Gasteiger partial charge in [-0.2, -0.15) is 0 Å². The molecule has 0 spiro atoms. The van der Waals surface area contributed by atoms with Crippen LogP contribution in [0, 0.1) is 0 Å². The predicted octanol–water partition coefficient (Wildman–Crippen LogP) is 1.28. The van der Waals surface area contributed by atoms with E-state index in [4.69, 9.17) is 5.73 Å². The highest BCUT2D eigenvalue weighted by molar-refractivity contribution is 5.71. The molecule has 0 aromatic carbocycles. The minimum absolute atomic E-state index is 0.436. The Morgan fingerprint density at radius 3 is 2.87 bits per heavy atom. The molecule has 4 heteroatoms. The molecule has 1 atom stereocenters. The number of nitrogens with two attached hydrogens (primary N) is 1. The van der Waals surface area contributed by atoms with Crippen molar-refractivity contribution in [3.63, 3.8) is 0 Å². The number of aryl methyl sites for hydroxylation is 1. The number of anilines is 1. The molecule has 0 amide bonds. The van der Waals surface area contributed by atoms with Crippen LogP contribution in [0.5, 0.6) is 0 Å². The maximum atomic E-state index is 5.64. The van der Waals surface area contributed by atoms with Crippen molar-refractivity contribution in [3.8, 4) is 0 Å². The second kappa shape index (κ2) is 3.81. The molecule has 0 aliphatic carbocycles. The summed E-state index contributed by atoms with van der Waals surface area (Å²) >= 11 is 0. The number of aromatic nitrogens is 2. The maximum Gasteiger partial charge on any atom is 0.143 e. The molecule has 0 bridgehead atoms. The number of imidazole rings is 1. The van der Waals surface area contributed by atoms with Crippen molar-refractivity contribution in [2.24, 2.45) is 7.05 Å². The molecule has 4 nitrogen and oxygen atoms in total. The summed E-state index contributed by atoms with van der Waals surface area (Å²) in [6.07, 6.45) is 9.14. The normalized spacial score (nSPS) is 19.9. The Morgan fingerprint density at radius 2 is 2.40 bits per heavy atom. The summed E-state index contributed by atoms with van der Waals surface area (Å²) in [6.45, 7) is 2.15. The summed E-state index contributed by atoms with van der Waals surface area (Å²) < 4.78 is 1.93. The van der Waals surface area contributed by atoms with Gasteiger partial charge in [-0.1, -0.05) is 19.1 Å². The van der Waals surface area contributed by atoms with E-state index >= 15 is 0 Å². The monoisotopic (exact) mass is 204 g/mol. The van der Waals surface area contributed by atoms with Crippen LogP contribution in [0.15, 0.2) is 24.5 Å². The first-order chi connectivity index (χ1) is 7.20. The van der Waals surface area contributed by atoms with Gasteiger partial charge in [-0.15, -0.1) is 0 Å². The molecule has 0 radical (unpaired) electrons. The van der Waals surface area contributed by atoms with Crippen molar-refractivity contribution in [1.82, 2.24) is 14.9 Å². The van der Waals surface area contributed by atoms with Crippen molar-refractivity contribution in [2.75, 3.05) is 5.73 Å². The molecule has 1 unspecified atom stereocenters. The van der Waals surface area contributed by atoms with Crippen LogP contribution in [0.3, 0.4) is 0 Å². The van der Waals surface area contributed by atoms with Gasteiger partial charge in [-0.05, 0) is 6.42 Å². The van der Waals surface area contributed by atoms with Crippen molar-refractivity contribution >= 4 is 11.4 Å². The van der Waals surface area contributed by atoms with Gasteiger partial charge in [0.05, 0.1) is 0 Å². The fourth-order valence-electron chi connectivity index (χ4n) is 1.67. The van der Waals surface area contributed by atoms with E-state index in [2.05, 4.69) is 29.4 Å². The molecule has 80 valence electrons. The van der Waals surface area contributed by atoms with Gasteiger partial charge < -0.3 is 15.6 Å². The van der Waals surface area contributed by atoms with E-state index in [1.807, 2.05) is 24.0 Å². The lowest BCUT2D eigenvalue weighted by Crippen LogP contribution is -2.23. The molecule has 1 aromatic rings. The molecule has 0 fully saturated rings. The van der Waals surface area contributed by atoms with E-state index in [9.17, 15) is 0 Å². The van der Waals surface area contributed by atoms with E-state index < -0.39 is 0 Å². The Balaban J connectivity index is 2.24. The van der Waals surface area contributed by atoms with Gasteiger partial charge in [-0.25, -0.2) is 4.98 Å². The molecule has 0 saturated heterocycles. The maximum absolute atomic E-state index is 5.64. The zero-order chi connectivity index (χ0) is 10.8. The van der Waals surface area contributed by atoms with Crippen LogP contribution in [-0.2, 0) is 7.05 Å². The summed E-state index contributed by atoms with van der Waals surface area (Å²) in [5.74, 6) is 1.45. The first-order valence-corrected chi connectivity index (χ1v) is 5.14. The highest BCUT2D eigenvalue weighted by Crippen LogP contribution is 2.18. The molecule has 1 aliphatic heterocycles. The quantitative estimate of drug-likeness (QED) is 0.763. The van der Waals surface area contributed by atoms with Crippen molar-refractivity contribution in [1.29, 1.82) is 0 Å². The smallest absolute Gasteiger partial charge is 0.143 e. The molecule has 2 heterocycles. The highest BCUT2D eigenvalue weighted by atomic mass is 15.1. The second-order valence-electron chi connectivity index (χ2n) is 3.74. The molecule has 2 rings (SSSR count). The molecule has 0 saturated carbocycles. The van der Waals surface area contributed by atoms with Crippen molar-refractivity contribution in [2.45, 2.75) is 19.4 Å². The Labute approximate surface area is 89.5 Å². The lowest BCUT2D eigenvalue weighted by Gasteiger charge is -2.16. The average Bonchev–Trinajstić information content (AvgIpc) is 2.58. The standard InChI is InChI=1S/C11H16N4/c1-3-9-5-4-8(6-13-9)11-14-10(12)7-15(11)2/h4-7,9,13H,3,12H2,1-2H3. The van der Waals surface area contributed by atoms with E-state index in [1.54, 1.807) is 0 Å². The summed E-state index contributed by atoms with van der Waals surface area (Å²) in [5, 5.41) is 3.31. The van der Waals surface area contributed by atoms with Crippen LogP contribution in [0.4, 0.5) is 5.82 Å². The summed E-state index contributed by atoms with van der Waals surface area (Å²) in [7, 11) is 1.94. The summed E-state index contributed by atoms with van der Waals surface area (Å²) in [6, 6.07) is 0.436. The van der Waals surface area contributed by atoms with Crippen LogP contribution in [0.2, 0.25) is 0 Å². The Morgan fingerprint density at radius 1 is 1.60 bits per heavy atom. The first kappa shape index (κ1) is 9.83. The minimum Gasteiger partial charge on any atom is -0.384 e.